The molecule has 1 aromatic carbocycles. The number of hydrogen-bond donors (Lipinski definition) is 3. The standard InChI is InChI=1S/C17H25ClN4O.HI/c1-2-19-17(22-15-5-3-4-6-15)21-12-11-20-16(23)13-7-9-14(18)10-8-13;/h7-10,15H,2-6,11-12H2,1H3,(H,20,23)(H2,19,21,22);1H. The highest BCUT2D eigenvalue weighted by Crippen LogP contribution is 2.17. The Bertz CT molecular complexity index is 530. The van der Waals surface area contributed by atoms with E-state index >= 15 is 0 Å². The number of carbonyl (C=O) groups is 1. The van der Waals surface area contributed by atoms with Gasteiger partial charge in [0.05, 0.1) is 6.54 Å². The summed E-state index contributed by atoms with van der Waals surface area (Å²) in [5.41, 5.74) is 0.606. The molecule has 0 heterocycles. The second-order valence-corrected chi connectivity index (χ2v) is 6.09. The van der Waals surface area contributed by atoms with Gasteiger partial charge in [-0.25, -0.2) is 0 Å². The third kappa shape index (κ3) is 7.25. The van der Waals surface area contributed by atoms with Gasteiger partial charge in [0.1, 0.15) is 0 Å². The van der Waals surface area contributed by atoms with Crippen LogP contribution in [0, 0.1) is 0 Å². The minimum Gasteiger partial charge on any atom is -0.357 e. The van der Waals surface area contributed by atoms with Crippen molar-refractivity contribution in [2.45, 2.75) is 38.6 Å². The van der Waals surface area contributed by atoms with Crippen molar-refractivity contribution < 1.29 is 4.79 Å². The van der Waals surface area contributed by atoms with Crippen LogP contribution < -0.4 is 16.0 Å². The highest BCUT2D eigenvalue weighted by molar-refractivity contribution is 14.0. The van der Waals surface area contributed by atoms with Crippen LogP contribution in [0.15, 0.2) is 29.3 Å². The molecule has 1 aliphatic rings. The average Bonchev–Trinajstić information content (AvgIpc) is 3.05. The molecule has 1 amide bonds. The van der Waals surface area contributed by atoms with E-state index in [1.807, 2.05) is 6.92 Å². The zero-order chi connectivity index (χ0) is 16.5. The molecular weight excluding hydrogens is 439 g/mol. The van der Waals surface area contributed by atoms with Gasteiger partial charge in [-0.1, -0.05) is 24.4 Å². The fourth-order valence-electron chi connectivity index (χ4n) is 2.62. The molecule has 1 saturated carbocycles. The molecule has 3 N–H and O–H groups in total. The Balaban J connectivity index is 0.00000288. The maximum absolute atomic E-state index is 12.0. The van der Waals surface area contributed by atoms with Crippen molar-refractivity contribution in [1.82, 2.24) is 16.0 Å². The Hall–Kier alpha value is -1.02. The van der Waals surface area contributed by atoms with Crippen LogP contribution in [0.2, 0.25) is 5.02 Å². The topological polar surface area (TPSA) is 65.5 Å². The zero-order valence-corrected chi connectivity index (χ0v) is 17.1. The molecule has 1 fully saturated rings. The first kappa shape index (κ1) is 21.0. The maximum atomic E-state index is 12.0. The Kier molecular flexibility index (Phi) is 10.1. The fourth-order valence-corrected chi connectivity index (χ4v) is 2.75. The van der Waals surface area contributed by atoms with Crippen LogP contribution >= 0.6 is 35.6 Å². The first-order valence-electron chi connectivity index (χ1n) is 8.27. The van der Waals surface area contributed by atoms with Crippen LogP contribution in [0.3, 0.4) is 0 Å². The number of nitrogens with one attached hydrogen (secondary N) is 3. The largest absolute Gasteiger partial charge is 0.357 e. The van der Waals surface area contributed by atoms with Gasteiger partial charge in [0.2, 0.25) is 0 Å². The number of guanidine groups is 1. The molecule has 24 heavy (non-hydrogen) atoms. The second-order valence-electron chi connectivity index (χ2n) is 5.65. The van der Waals surface area contributed by atoms with E-state index in [1.54, 1.807) is 24.3 Å². The van der Waals surface area contributed by atoms with Gasteiger partial charge in [0.15, 0.2) is 5.96 Å². The summed E-state index contributed by atoms with van der Waals surface area (Å²) < 4.78 is 0. The lowest BCUT2D eigenvalue weighted by molar-refractivity contribution is 0.0955. The van der Waals surface area contributed by atoms with Crippen molar-refractivity contribution in [3.63, 3.8) is 0 Å². The second kappa shape index (κ2) is 11.5. The van der Waals surface area contributed by atoms with Gasteiger partial charge < -0.3 is 16.0 Å². The lowest BCUT2D eigenvalue weighted by Gasteiger charge is -2.16. The van der Waals surface area contributed by atoms with Gasteiger partial charge in [0.25, 0.3) is 5.91 Å². The lowest BCUT2D eigenvalue weighted by Crippen LogP contribution is -2.42. The number of carbonyl (C=O) groups excluding carboxylic acids is 1. The van der Waals surface area contributed by atoms with E-state index in [1.165, 1.54) is 25.7 Å². The van der Waals surface area contributed by atoms with E-state index in [2.05, 4.69) is 20.9 Å². The van der Waals surface area contributed by atoms with Gasteiger partial charge in [-0.05, 0) is 44.0 Å². The van der Waals surface area contributed by atoms with Gasteiger partial charge >= 0.3 is 0 Å². The number of rotatable bonds is 6. The van der Waals surface area contributed by atoms with Crippen LogP contribution in [0.1, 0.15) is 43.0 Å². The molecule has 0 saturated heterocycles. The van der Waals surface area contributed by atoms with E-state index in [0.29, 0.717) is 29.7 Å². The molecule has 0 radical (unpaired) electrons. The summed E-state index contributed by atoms with van der Waals surface area (Å²) in [4.78, 5) is 16.5. The van der Waals surface area contributed by atoms with Crippen molar-refractivity contribution in [3.8, 4) is 0 Å². The molecule has 5 nitrogen and oxygen atoms in total. The van der Waals surface area contributed by atoms with Crippen molar-refractivity contribution in [2.75, 3.05) is 19.6 Å². The quantitative estimate of drug-likeness (QED) is 0.262. The predicted molar refractivity (Wildman–Crippen MR) is 111 cm³/mol. The number of nitrogens with zero attached hydrogens (tertiary/aromatic N) is 1. The van der Waals surface area contributed by atoms with Crippen LogP contribution in [0.5, 0.6) is 0 Å². The Morgan fingerprint density at radius 2 is 1.88 bits per heavy atom. The smallest absolute Gasteiger partial charge is 0.251 e. The lowest BCUT2D eigenvalue weighted by atomic mass is 10.2. The van der Waals surface area contributed by atoms with Crippen LogP contribution in [0.25, 0.3) is 0 Å². The van der Waals surface area contributed by atoms with Gasteiger partial charge in [-0.2, -0.15) is 0 Å². The fraction of sp³-hybridized carbons (Fsp3) is 0.529. The number of benzene rings is 1. The number of hydrogen-bond acceptors (Lipinski definition) is 2. The van der Waals surface area contributed by atoms with E-state index in [9.17, 15) is 4.79 Å². The van der Waals surface area contributed by atoms with E-state index < -0.39 is 0 Å². The average molecular weight is 465 g/mol. The summed E-state index contributed by atoms with van der Waals surface area (Å²) in [5.74, 6) is 0.728. The van der Waals surface area contributed by atoms with Crippen molar-refractivity contribution in [2.24, 2.45) is 4.99 Å². The summed E-state index contributed by atoms with van der Waals surface area (Å²) in [6.45, 7) is 3.92. The molecular formula is C17H26ClIN4O. The minimum atomic E-state index is -0.106. The van der Waals surface area contributed by atoms with Crippen molar-refractivity contribution in [3.05, 3.63) is 34.9 Å². The monoisotopic (exact) mass is 464 g/mol. The predicted octanol–water partition coefficient (Wildman–Crippen LogP) is 3.19. The zero-order valence-electron chi connectivity index (χ0n) is 14.0. The molecule has 0 bridgehead atoms. The van der Waals surface area contributed by atoms with Gasteiger partial charge in [0, 0.05) is 29.7 Å². The first-order chi connectivity index (χ1) is 11.2. The highest BCUT2D eigenvalue weighted by atomic mass is 127. The Morgan fingerprint density at radius 3 is 2.50 bits per heavy atom. The summed E-state index contributed by atoms with van der Waals surface area (Å²) in [6.07, 6.45) is 4.98. The van der Waals surface area contributed by atoms with Gasteiger partial charge in [-0.15, -0.1) is 24.0 Å². The molecule has 0 spiro atoms. The normalized spacial score (nSPS) is 14.8. The third-order valence-electron chi connectivity index (χ3n) is 3.81. The molecule has 0 unspecified atom stereocenters. The Labute approximate surface area is 166 Å². The SMILES string of the molecule is CCNC(=NCCNC(=O)c1ccc(Cl)cc1)NC1CCCC1.I. The molecule has 7 heteroatoms. The van der Waals surface area contributed by atoms with Crippen molar-refractivity contribution >= 4 is 47.4 Å². The maximum Gasteiger partial charge on any atom is 0.251 e. The summed E-state index contributed by atoms with van der Waals surface area (Å²) in [7, 11) is 0. The number of amides is 1. The van der Waals surface area contributed by atoms with E-state index in [4.69, 9.17) is 11.6 Å². The highest BCUT2D eigenvalue weighted by Gasteiger charge is 2.15. The van der Waals surface area contributed by atoms with Crippen LogP contribution in [-0.4, -0.2) is 37.5 Å². The molecule has 1 aromatic rings. The number of aliphatic imine (C=N–C) groups is 1. The molecule has 0 aliphatic heterocycles. The summed E-state index contributed by atoms with van der Waals surface area (Å²) in [6, 6.07) is 7.38. The first-order valence-corrected chi connectivity index (χ1v) is 8.65. The number of halogens is 2. The minimum absolute atomic E-state index is 0. The molecule has 0 atom stereocenters. The van der Waals surface area contributed by atoms with Crippen molar-refractivity contribution in [1.29, 1.82) is 0 Å². The van der Waals surface area contributed by atoms with Crippen LogP contribution in [0.4, 0.5) is 0 Å². The van der Waals surface area contributed by atoms with Gasteiger partial charge in [-0.3, -0.25) is 9.79 Å². The molecule has 1 aliphatic carbocycles. The Morgan fingerprint density at radius 1 is 1.21 bits per heavy atom. The molecule has 2 rings (SSSR count). The van der Waals surface area contributed by atoms with E-state index in [-0.39, 0.29) is 29.9 Å². The summed E-state index contributed by atoms with van der Waals surface area (Å²) >= 11 is 5.81. The molecule has 134 valence electrons. The summed E-state index contributed by atoms with van der Waals surface area (Å²) in [5, 5.41) is 10.2. The molecule has 0 aromatic heterocycles. The van der Waals surface area contributed by atoms with Crippen LogP contribution in [-0.2, 0) is 0 Å². The van der Waals surface area contributed by atoms with E-state index in [0.717, 1.165) is 12.5 Å². The third-order valence-corrected chi connectivity index (χ3v) is 4.07.